The van der Waals surface area contributed by atoms with E-state index in [4.69, 9.17) is 4.74 Å². The first-order valence-corrected chi connectivity index (χ1v) is 5.79. The van der Waals surface area contributed by atoms with Crippen molar-refractivity contribution in [3.05, 3.63) is 24.0 Å². The first-order valence-electron chi connectivity index (χ1n) is 5.79. The average Bonchev–Trinajstić information content (AvgIpc) is 2.55. The summed E-state index contributed by atoms with van der Waals surface area (Å²) in [5.41, 5.74) is 1.26. The SMILES string of the molecule is Cn1cccc1CN1CCCO[C@@H](CF)C1. The van der Waals surface area contributed by atoms with E-state index < -0.39 is 0 Å². The van der Waals surface area contributed by atoms with E-state index in [0.717, 1.165) is 19.5 Å². The Labute approximate surface area is 95.8 Å². The number of rotatable bonds is 3. The summed E-state index contributed by atoms with van der Waals surface area (Å²) in [7, 11) is 2.04. The Morgan fingerprint density at radius 1 is 1.56 bits per heavy atom. The van der Waals surface area contributed by atoms with Gasteiger partial charge in [0.25, 0.3) is 0 Å². The van der Waals surface area contributed by atoms with Crippen LogP contribution in [0.25, 0.3) is 0 Å². The maximum absolute atomic E-state index is 12.6. The lowest BCUT2D eigenvalue weighted by Crippen LogP contribution is -2.33. The number of hydrogen-bond donors (Lipinski definition) is 0. The van der Waals surface area contributed by atoms with Gasteiger partial charge in [0.1, 0.15) is 6.67 Å². The predicted molar refractivity (Wildman–Crippen MR) is 61.0 cm³/mol. The molecule has 4 heteroatoms. The molecular formula is C12H19FN2O. The van der Waals surface area contributed by atoms with Gasteiger partial charge in [0.2, 0.25) is 0 Å². The van der Waals surface area contributed by atoms with Gasteiger partial charge in [0, 0.05) is 45.2 Å². The molecule has 2 rings (SSSR count). The Bertz CT molecular complexity index is 327. The lowest BCUT2D eigenvalue weighted by atomic mass is 10.3. The molecule has 0 aliphatic carbocycles. The highest BCUT2D eigenvalue weighted by atomic mass is 19.1. The third-order valence-corrected chi connectivity index (χ3v) is 3.04. The molecule has 0 unspecified atom stereocenters. The maximum Gasteiger partial charge on any atom is 0.117 e. The molecular weight excluding hydrogens is 207 g/mol. The Hall–Kier alpha value is -0.870. The van der Waals surface area contributed by atoms with Crippen LogP contribution in [-0.4, -0.2) is 41.9 Å². The average molecular weight is 226 g/mol. The molecule has 0 spiro atoms. The number of aryl methyl sites for hydroxylation is 1. The molecule has 3 nitrogen and oxygen atoms in total. The molecule has 1 aliphatic rings. The standard InChI is InChI=1S/C12H19FN2O/c1-14-5-2-4-11(14)9-15-6-3-7-16-12(8-13)10-15/h2,4-5,12H,3,6-10H2,1H3/t12-/m0/s1. The van der Waals surface area contributed by atoms with Gasteiger partial charge < -0.3 is 9.30 Å². The van der Waals surface area contributed by atoms with Gasteiger partial charge in [-0.2, -0.15) is 0 Å². The highest BCUT2D eigenvalue weighted by Gasteiger charge is 2.18. The van der Waals surface area contributed by atoms with Crippen molar-refractivity contribution in [3.8, 4) is 0 Å². The second-order valence-electron chi connectivity index (χ2n) is 4.35. The van der Waals surface area contributed by atoms with Crippen LogP contribution in [0.3, 0.4) is 0 Å². The normalized spacial score (nSPS) is 23.2. The number of hydrogen-bond acceptors (Lipinski definition) is 2. The second-order valence-corrected chi connectivity index (χ2v) is 4.35. The van der Waals surface area contributed by atoms with E-state index in [1.807, 2.05) is 19.3 Å². The zero-order chi connectivity index (χ0) is 11.4. The molecule has 1 aromatic heterocycles. The maximum atomic E-state index is 12.6. The van der Waals surface area contributed by atoms with Gasteiger partial charge in [-0.05, 0) is 18.6 Å². The number of ether oxygens (including phenoxy) is 1. The van der Waals surface area contributed by atoms with Crippen molar-refractivity contribution in [2.75, 3.05) is 26.4 Å². The number of aromatic nitrogens is 1. The van der Waals surface area contributed by atoms with E-state index in [1.54, 1.807) is 0 Å². The van der Waals surface area contributed by atoms with E-state index in [2.05, 4.69) is 15.5 Å². The van der Waals surface area contributed by atoms with Crippen LogP contribution < -0.4 is 0 Å². The highest BCUT2D eigenvalue weighted by Crippen LogP contribution is 2.11. The summed E-state index contributed by atoms with van der Waals surface area (Å²) in [5, 5.41) is 0. The number of nitrogens with zero attached hydrogens (tertiary/aromatic N) is 2. The molecule has 1 atom stereocenters. The fourth-order valence-corrected chi connectivity index (χ4v) is 2.10. The van der Waals surface area contributed by atoms with Gasteiger partial charge in [-0.3, -0.25) is 4.90 Å². The van der Waals surface area contributed by atoms with Crippen LogP contribution in [0.5, 0.6) is 0 Å². The molecule has 16 heavy (non-hydrogen) atoms. The predicted octanol–water partition coefficient (Wildman–Crippen LogP) is 1.59. The summed E-state index contributed by atoms with van der Waals surface area (Å²) in [4.78, 5) is 2.27. The van der Waals surface area contributed by atoms with E-state index in [0.29, 0.717) is 13.2 Å². The first kappa shape index (κ1) is 11.6. The molecule has 0 amide bonds. The van der Waals surface area contributed by atoms with Gasteiger partial charge in [-0.1, -0.05) is 0 Å². The molecule has 1 aromatic rings. The van der Waals surface area contributed by atoms with E-state index in [-0.39, 0.29) is 12.8 Å². The highest BCUT2D eigenvalue weighted by molar-refractivity contribution is 5.06. The quantitative estimate of drug-likeness (QED) is 0.778. The summed E-state index contributed by atoms with van der Waals surface area (Å²) < 4.78 is 20.1. The molecule has 90 valence electrons. The summed E-state index contributed by atoms with van der Waals surface area (Å²) in [5.74, 6) is 0. The van der Waals surface area contributed by atoms with Crippen LogP contribution in [0, 0.1) is 0 Å². The lowest BCUT2D eigenvalue weighted by molar-refractivity contribution is 0.0357. The van der Waals surface area contributed by atoms with Gasteiger partial charge in [0.15, 0.2) is 0 Å². The van der Waals surface area contributed by atoms with Crippen molar-refractivity contribution >= 4 is 0 Å². The van der Waals surface area contributed by atoms with E-state index in [9.17, 15) is 4.39 Å². The van der Waals surface area contributed by atoms with E-state index in [1.165, 1.54) is 5.69 Å². The smallest absolute Gasteiger partial charge is 0.117 e. The number of halogens is 1. The Balaban J connectivity index is 1.95. The monoisotopic (exact) mass is 226 g/mol. The summed E-state index contributed by atoms with van der Waals surface area (Å²) in [6, 6.07) is 4.15. The van der Waals surface area contributed by atoms with Crippen LogP contribution in [0.15, 0.2) is 18.3 Å². The fraction of sp³-hybridized carbons (Fsp3) is 0.667. The molecule has 2 heterocycles. The van der Waals surface area contributed by atoms with E-state index >= 15 is 0 Å². The van der Waals surface area contributed by atoms with Crippen molar-refractivity contribution in [1.82, 2.24) is 9.47 Å². The van der Waals surface area contributed by atoms with Crippen molar-refractivity contribution in [2.45, 2.75) is 19.1 Å². The third-order valence-electron chi connectivity index (χ3n) is 3.04. The van der Waals surface area contributed by atoms with Gasteiger partial charge in [-0.25, -0.2) is 4.39 Å². The van der Waals surface area contributed by atoms with Crippen molar-refractivity contribution in [3.63, 3.8) is 0 Å². The molecule has 1 fully saturated rings. The zero-order valence-corrected chi connectivity index (χ0v) is 9.73. The summed E-state index contributed by atoms with van der Waals surface area (Å²) >= 11 is 0. The molecule has 1 aliphatic heterocycles. The fourth-order valence-electron chi connectivity index (χ4n) is 2.10. The molecule has 0 bridgehead atoms. The molecule has 1 saturated heterocycles. The van der Waals surface area contributed by atoms with Crippen molar-refractivity contribution in [2.24, 2.45) is 7.05 Å². The third kappa shape index (κ3) is 2.83. The minimum absolute atomic E-state index is 0.247. The first-order chi connectivity index (χ1) is 7.79. The second kappa shape index (κ2) is 5.46. The summed E-state index contributed by atoms with van der Waals surface area (Å²) in [6.07, 6.45) is 2.78. The van der Waals surface area contributed by atoms with Gasteiger partial charge in [0.05, 0.1) is 6.10 Å². The summed E-state index contributed by atoms with van der Waals surface area (Å²) in [6.45, 7) is 2.86. The topological polar surface area (TPSA) is 17.4 Å². The Kier molecular flexibility index (Phi) is 3.96. The Morgan fingerprint density at radius 3 is 3.12 bits per heavy atom. The zero-order valence-electron chi connectivity index (χ0n) is 9.73. The van der Waals surface area contributed by atoms with Crippen LogP contribution in [0.4, 0.5) is 4.39 Å². The molecule has 0 aromatic carbocycles. The van der Waals surface area contributed by atoms with Gasteiger partial charge in [-0.15, -0.1) is 0 Å². The largest absolute Gasteiger partial charge is 0.374 e. The van der Waals surface area contributed by atoms with Gasteiger partial charge >= 0.3 is 0 Å². The van der Waals surface area contributed by atoms with Crippen molar-refractivity contribution in [1.29, 1.82) is 0 Å². The Morgan fingerprint density at radius 2 is 2.44 bits per heavy atom. The van der Waals surface area contributed by atoms with Crippen molar-refractivity contribution < 1.29 is 9.13 Å². The molecule has 0 N–H and O–H groups in total. The van der Waals surface area contributed by atoms with Crippen LogP contribution in [0.2, 0.25) is 0 Å². The minimum Gasteiger partial charge on any atom is -0.374 e. The lowest BCUT2D eigenvalue weighted by Gasteiger charge is -2.22. The minimum atomic E-state index is -0.385. The molecule has 0 radical (unpaired) electrons. The van der Waals surface area contributed by atoms with Crippen LogP contribution in [-0.2, 0) is 18.3 Å². The molecule has 0 saturated carbocycles. The number of alkyl halides is 1. The van der Waals surface area contributed by atoms with Crippen LogP contribution in [0.1, 0.15) is 12.1 Å². The van der Waals surface area contributed by atoms with Crippen LogP contribution >= 0.6 is 0 Å².